The van der Waals surface area contributed by atoms with Gasteiger partial charge in [-0.05, 0) is 77.8 Å². The van der Waals surface area contributed by atoms with E-state index in [0.29, 0.717) is 34.4 Å². The van der Waals surface area contributed by atoms with Gasteiger partial charge in [0.2, 0.25) is 12.5 Å². The van der Waals surface area contributed by atoms with Crippen molar-refractivity contribution in [2.45, 2.75) is 148 Å². The minimum Gasteiger partial charge on any atom is -0.387 e. The minimum absolute atomic E-state index is 0.0390. The maximum atomic E-state index is 11.8. The molecule has 0 radical (unpaired) electrons. The number of nitrogens with zero attached hydrogens (tertiary/aromatic N) is 7. The van der Waals surface area contributed by atoms with Crippen LogP contribution in [0.5, 0.6) is 0 Å². The van der Waals surface area contributed by atoms with Crippen molar-refractivity contribution >= 4 is 5.71 Å². The Labute approximate surface area is 316 Å². The Hall–Kier alpha value is -1.51. The van der Waals surface area contributed by atoms with Gasteiger partial charge in [-0.1, -0.05) is 40.0 Å². The highest BCUT2D eigenvalue weighted by Crippen LogP contribution is 2.48. The molecule has 6 aliphatic rings. The van der Waals surface area contributed by atoms with Crippen molar-refractivity contribution < 1.29 is 28.4 Å². The molecular weight excluding hydrogens is 655 g/mol. The Morgan fingerprint density at radius 3 is 2.31 bits per heavy atom. The fraction of sp³-hybridized carbons (Fsp3) is 0.925. The van der Waals surface area contributed by atoms with Crippen LogP contribution >= 0.6 is 0 Å². The molecule has 0 aromatic heterocycles. The first-order valence-corrected chi connectivity index (χ1v) is 21.1. The number of fused-ring (bicyclic) bond motifs is 2. The van der Waals surface area contributed by atoms with Crippen molar-refractivity contribution in [1.29, 1.82) is 0 Å². The quantitative estimate of drug-likeness (QED) is 0.179. The lowest BCUT2D eigenvalue weighted by Gasteiger charge is -2.52. The van der Waals surface area contributed by atoms with Crippen LogP contribution in [0, 0.1) is 11.3 Å². The van der Waals surface area contributed by atoms with E-state index in [9.17, 15) is 10.2 Å². The highest BCUT2D eigenvalue weighted by atomic mass is 16.6. The zero-order chi connectivity index (χ0) is 37.8. The number of aliphatic imine (C=N–C) groups is 1. The van der Waals surface area contributed by atoms with Crippen LogP contribution in [0.3, 0.4) is 0 Å². The van der Waals surface area contributed by atoms with Crippen LogP contribution in [-0.2, 0) is 4.74 Å². The summed E-state index contributed by atoms with van der Waals surface area (Å²) in [5.41, 5.74) is 9.99. The maximum absolute atomic E-state index is 11.8. The molecule has 4 heterocycles. The van der Waals surface area contributed by atoms with Crippen molar-refractivity contribution in [3.63, 3.8) is 0 Å². The molecule has 12 nitrogen and oxygen atoms in total. The maximum Gasteiger partial charge on any atom is 0.266 e. The van der Waals surface area contributed by atoms with Gasteiger partial charge in [0.25, 0.3) is 6.17 Å². The first kappa shape index (κ1) is 40.2. The van der Waals surface area contributed by atoms with Gasteiger partial charge in [0, 0.05) is 32.6 Å². The predicted octanol–water partition coefficient (Wildman–Crippen LogP) is 3.03. The molecular formula is C40H78N9O3+3. The summed E-state index contributed by atoms with van der Waals surface area (Å²) in [6.45, 7) is 20.9. The van der Waals surface area contributed by atoms with Crippen LogP contribution in [0.15, 0.2) is 16.5 Å². The van der Waals surface area contributed by atoms with Crippen LogP contribution in [0.4, 0.5) is 0 Å². The van der Waals surface area contributed by atoms with Crippen LogP contribution in [0.25, 0.3) is 0 Å². The fourth-order valence-electron chi connectivity index (χ4n) is 11.5. The summed E-state index contributed by atoms with van der Waals surface area (Å²) in [6, 6.07) is 0.982. The lowest BCUT2D eigenvalue weighted by atomic mass is 9.70. The van der Waals surface area contributed by atoms with Gasteiger partial charge in [-0.25, -0.2) is 14.8 Å². The molecule has 0 aromatic rings. The summed E-state index contributed by atoms with van der Waals surface area (Å²) < 4.78 is 9.20. The van der Waals surface area contributed by atoms with Gasteiger partial charge in [-0.2, -0.15) is 0 Å². The molecule has 0 aromatic carbocycles. The number of aliphatic hydroxyl groups excluding tert-OH is 2. The van der Waals surface area contributed by atoms with Gasteiger partial charge < -0.3 is 35.4 Å². The number of quaternary nitrogens is 3. The molecule has 5 N–H and O–H groups in total. The standard InChI is InChI=1S/C40H78N9O3/c1-11-47(9)31-21-20-28(40(4,5)6)24-30(31)43-39(47)42-22-17-23-44(7)25-32-34(50)35(51)38(52-32)48(10)27-46(29-18-15-14-16-19-29)33-36(41)45(8)26-49(12-2,13-3)37(33)48/h28-29,31-32,34-35,37-39,42,50-51H,11-27,41H2,1-10H3/q+3. The van der Waals surface area contributed by atoms with E-state index < -0.39 is 24.5 Å². The topological polar surface area (TPSA) is 110 Å². The van der Waals surface area contributed by atoms with Gasteiger partial charge in [-0.15, -0.1) is 0 Å². The number of hydrogen-bond donors (Lipinski definition) is 4. The Morgan fingerprint density at radius 2 is 1.67 bits per heavy atom. The summed E-state index contributed by atoms with van der Waals surface area (Å²) >= 11 is 0. The van der Waals surface area contributed by atoms with Crippen LogP contribution in [-0.4, -0.2) is 174 Å². The Bertz CT molecular complexity index is 1310. The van der Waals surface area contributed by atoms with Crippen molar-refractivity contribution in [2.75, 3.05) is 80.8 Å². The first-order chi connectivity index (χ1) is 24.5. The summed E-state index contributed by atoms with van der Waals surface area (Å²) in [5, 5.41) is 27.2. The molecule has 2 saturated carbocycles. The summed E-state index contributed by atoms with van der Waals surface area (Å²) in [7, 11) is 8.90. The zero-order valence-corrected chi connectivity index (χ0v) is 34.7. The second kappa shape index (κ2) is 15.2. The van der Waals surface area contributed by atoms with Gasteiger partial charge in [0.05, 0.1) is 39.4 Å². The lowest BCUT2D eigenvalue weighted by Crippen LogP contribution is -2.74. The SMILES string of the molecule is CC[N+]1(CC)CN(C)C(N)=C2C1[N+](C)(C1OC(CN(C)CCCNC3N=C4CC(C(C)(C)C)CCC4[N+]3(C)CC)C(O)C1O)CN2C1CCCCC1. The monoisotopic (exact) mass is 733 g/mol. The third kappa shape index (κ3) is 6.94. The first-order valence-electron chi connectivity index (χ1n) is 21.1. The molecule has 0 bridgehead atoms. The minimum atomic E-state index is -0.971. The number of nitrogens with one attached hydrogen (secondary N) is 1. The van der Waals surface area contributed by atoms with E-state index in [1.807, 2.05) is 0 Å². The number of likely N-dealkylation sites (N-methyl/N-ethyl adjacent to an activating group) is 3. The third-order valence-corrected chi connectivity index (χ3v) is 15.1. The highest BCUT2D eigenvalue weighted by molar-refractivity contribution is 5.90. The van der Waals surface area contributed by atoms with E-state index in [1.54, 1.807) is 0 Å². The Morgan fingerprint density at radius 1 is 0.981 bits per heavy atom. The molecule has 0 amide bonds. The molecule has 10 unspecified atom stereocenters. The van der Waals surface area contributed by atoms with E-state index in [1.165, 1.54) is 56.4 Å². The lowest BCUT2D eigenvalue weighted by molar-refractivity contribution is -1.13. The van der Waals surface area contributed by atoms with Crippen molar-refractivity contribution in [2.24, 2.45) is 22.1 Å². The molecule has 0 spiro atoms. The zero-order valence-electron chi connectivity index (χ0n) is 34.7. The van der Waals surface area contributed by atoms with Crippen molar-refractivity contribution in [3.05, 3.63) is 11.5 Å². The average Bonchev–Trinajstić information content (AvgIpc) is 3.71. The van der Waals surface area contributed by atoms with Crippen LogP contribution in [0.2, 0.25) is 0 Å². The van der Waals surface area contributed by atoms with Crippen LogP contribution < -0.4 is 11.1 Å². The van der Waals surface area contributed by atoms with E-state index in [0.717, 1.165) is 73.7 Å². The molecule has 2 saturated heterocycles. The van der Waals surface area contributed by atoms with E-state index in [-0.39, 0.29) is 12.5 Å². The van der Waals surface area contributed by atoms with Gasteiger partial charge in [0.15, 0.2) is 25.1 Å². The average molecular weight is 733 g/mol. The molecule has 4 aliphatic heterocycles. The number of nitrogens with two attached hydrogens (primary N) is 1. The normalized spacial score (nSPS) is 39.8. The molecule has 10 atom stereocenters. The van der Waals surface area contributed by atoms with E-state index in [4.69, 9.17) is 15.5 Å². The van der Waals surface area contributed by atoms with Gasteiger partial charge in [0.1, 0.15) is 24.1 Å². The molecule has 52 heavy (non-hydrogen) atoms. The second-order valence-electron chi connectivity index (χ2n) is 19.2. The molecule has 298 valence electrons. The number of ether oxygens (including phenoxy) is 1. The smallest absolute Gasteiger partial charge is 0.266 e. The molecule has 4 fully saturated rings. The second-order valence-corrected chi connectivity index (χ2v) is 19.2. The Balaban J connectivity index is 1.10. The number of hydrogen-bond acceptors (Lipinski definition) is 9. The van der Waals surface area contributed by atoms with Crippen LogP contribution in [0.1, 0.15) is 99.3 Å². The number of aliphatic hydroxyl groups is 2. The summed E-state index contributed by atoms with van der Waals surface area (Å²) in [4.78, 5) is 12.4. The van der Waals surface area contributed by atoms with Crippen molar-refractivity contribution in [3.8, 4) is 0 Å². The fourth-order valence-corrected chi connectivity index (χ4v) is 11.5. The number of rotatable bonds is 12. The van der Waals surface area contributed by atoms with E-state index >= 15 is 0 Å². The third-order valence-electron chi connectivity index (χ3n) is 15.1. The largest absolute Gasteiger partial charge is 0.387 e. The molecule has 12 heteroatoms. The molecule has 6 rings (SSSR count). The predicted molar refractivity (Wildman–Crippen MR) is 208 cm³/mol. The van der Waals surface area contributed by atoms with Gasteiger partial charge >= 0.3 is 0 Å². The summed E-state index contributed by atoms with van der Waals surface area (Å²) in [5.74, 6) is 1.57. The van der Waals surface area contributed by atoms with E-state index in [2.05, 4.69) is 89.7 Å². The molecule has 2 aliphatic carbocycles. The summed E-state index contributed by atoms with van der Waals surface area (Å²) in [6.07, 6.45) is 8.02. The van der Waals surface area contributed by atoms with Crippen molar-refractivity contribution in [1.82, 2.24) is 20.0 Å². The Kier molecular flexibility index (Phi) is 11.7. The van der Waals surface area contributed by atoms with Gasteiger partial charge in [-0.3, -0.25) is 8.97 Å². The highest BCUT2D eigenvalue weighted by Gasteiger charge is 2.68.